The highest BCUT2D eigenvalue weighted by molar-refractivity contribution is 5.41. The first-order valence-electron chi connectivity index (χ1n) is 4.81. The summed E-state index contributed by atoms with van der Waals surface area (Å²) in [5, 5.41) is 9.90. The van der Waals surface area contributed by atoms with Gasteiger partial charge in [-0.05, 0) is 29.8 Å². The lowest BCUT2D eigenvalue weighted by atomic mass is 10.1. The van der Waals surface area contributed by atoms with E-state index in [1.54, 1.807) is 24.5 Å². The van der Waals surface area contributed by atoms with Crippen LogP contribution in [0.5, 0.6) is 0 Å². The quantitative estimate of drug-likeness (QED) is 0.751. The van der Waals surface area contributed by atoms with Crippen LogP contribution in [0.3, 0.4) is 0 Å². The summed E-state index contributed by atoms with van der Waals surface area (Å²) < 4.78 is 5.16. The minimum Gasteiger partial charge on any atom is -0.469 e. The maximum absolute atomic E-state index is 9.90. The molecule has 0 aliphatic rings. The van der Waals surface area contributed by atoms with E-state index < -0.39 is 6.10 Å². The number of hydrogen-bond donors (Lipinski definition) is 2. The number of nitrogen functional groups attached to an aromatic ring is 1. The molecule has 0 bridgehead atoms. The first kappa shape index (κ1) is 9.80. The van der Waals surface area contributed by atoms with Crippen molar-refractivity contribution in [3.05, 3.63) is 54.0 Å². The van der Waals surface area contributed by atoms with E-state index in [0.717, 1.165) is 11.3 Å². The predicted molar refractivity (Wildman–Crippen MR) is 58.2 cm³/mol. The van der Waals surface area contributed by atoms with E-state index in [0.29, 0.717) is 12.1 Å². The molecule has 0 aliphatic heterocycles. The molecular weight excluding hydrogens is 190 g/mol. The van der Waals surface area contributed by atoms with Crippen molar-refractivity contribution >= 4 is 5.69 Å². The van der Waals surface area contributed by atoms with Crippen molar-refractivity contribution in [1.29, 1.82) is 0 Å². The van der Waals surface area contributed by atoms with Crippen LogP contribution in [-0.2, 0) is 6.42 Å². The van der Waals surface area contributed by atoms with Gasteiger partial charge in [0.05, 0.1) is 12.4 Å². The molecule has 1 atom stereocenters. The molecule has 3 nitrogen and oxygen atoms in total. The van der Waals surface area contributed by atoms with Crippen molar-refractivity contribution < 1.29 is 9.52 Å². The molecule has 1 aromatic heterocycles. The molecule has 0 saturated carbocycles. The molecule has 0 saturated heterocycles. The number of rotatable bonds is 3. The van der Waals surface area contributed by atoms with Crippen molar-refractivity contribution in [2.75, 3.05) is 5.73 Å². The van der Waals surface area contributed by atoms with Gasteiger partial charge in [-0.3, -0.25) is 0 Å². The number of nitrogens with two attached hydrogens (primary N) is 1. The summed E-state index contributed by atoms with van der Waals surface area (Å²) in [5.74, 6) is 0.768. The molecule has 78 valence electrons. The van der Waals surface area contributed by atoms with E-state index in [-0.39, 0.29) is 0 Å². The lowest BCUT2D eigenvalue weighted by Gasteiger charge is -2.09. The van der Waals surface area contributed by atoms with Gasteiger partial charge in [0.15, 0.2) is 0 Å². The van der Waals surface area contributed by atoms with Gasteiger partial charge in [-0.2, -0.15) is 0 Å². The van der Waals surface area contributed by atoms with Crippen LogP contribution < -0.4 is 5.73 Å². The molecule has 1 heterocycles. The van der Waals surface area contributed by atoms with Gasteiger partial charge in [0.2, 0.25) is 0 Å². The molecule has 1 aromatic carbocycles. The minimum atomic E-state index is -0.570. The zero-order valence-corrected chi connectivity index (χ0v) is 8.26. The van der Waals surface area contributed by atoms with Gasteiger partial charge in [-0.1, -0.05) is 12.1 Å². The molecule has 0 aliphatic carbocycles. The van der Waals surface area contributed by atoms with Crippen molar-refractivity contribution in [2.45, 2.75) is 12.5 Å². The van der Waals surface area contributed by atoms with Crippen molar-refractivity contribution in [2.24, 2.45) is 0 Å². The molecule has 3 N–H and O–H groups in total. The third kappa shape index (κ3) is 2.39. The minimum absolute atomic E-state index is 0.469. The van der Waals surface area contributed by atoms with Gasteiger partial charge in [0, 0.05) is 12.1 Å². The summed E-state index contributed by atoms with van der Waals surface area (Å²) in [6.45, 7) is 0. The van der Waals surface area contributed by atoms with E-state index in [9.17, 15) is 5.11 Å². The fourth-order valence-corrected chi connectivity index (χ4v) is 1.50. The number of anilines is 1. The molecule has 2 rings (SSSR count). The smallest absolute Gasteiger partial charge is 0.106 e. The monoisotopic (exact) mass is 203 g/mol. The molecule has 0 radical (unpaired) electrons. The summed E-state index contributed by atoms with van der Waals surface area (Å²) in [4.78, 5) is 0. The van der Waals surface area contributed by atoms with Crippen LogP contribution in [0.1, 0.15) is 17.4 Å². The molecule has 1 unspecified atom stereocenters. The maximum atomic E-state index is 9.90. The van der Waals surface area contributed by atoms with Gasteiger partial charge < -0.3 is 15.3 Å². The molecular formula is C12H13NO2. The van der Waals surface area contributed by atoms with Crippen LogP contribution in [0.15, 0.2) is 47.1 Å². The number of furan rings is 1. The molecule has 0 fully saturated rings. The Balaban J connectivity index is 2.11. The Morgan fingerprint density at radius 2 is 2.13 bits per heavy atom. The van der Waals surface area contributed by atoms with Crippen LogP contribution in [0.2, 0.25) is 0 Å². The normalized spacial score (nSPS) is 12.6. The van der Waals surface area contributed by atoms with Gasteiger partial charge in [0.1, 0.15) is 5.76 Å². The zero-order chi connectivity index (χ0) is 10.7. The average Bonchev–Trinajstić information content (AvgIpc) is 2.70. The first-order chi connectivity index (χ1) is 7.25. The number of aliphatic hydroxyl groups is 1. The zero-order valence-electron chi connectivity index (χ0n) is 8.26. The second-order valence-corrected chi connectivity index (χ2v) is 3.47. The highest BCUT2D eigenvalue weighted by Crippen LogP contribution is 2.20. The highest BCUT2D eigenvalue weighted by Gasteiger charge is 2.10. The van der Waals surface area contributed by atoms with Crippen LogP contribution in [-0.4, -0.2) is 5.11 Å². The van der Waals surface area contributed by atoms with Gasteiger partial charge in [-0.15, -0.1) is 0 Å². The topological polar surface area (TPSA) is 59.4 Å². The van der Waals surface area contributed by atoms with Crippen molar-refractivity contribution in [1.82, 2.24) is 0 Å². The summed E-state index contributed by atoms with van der Waals surface area (Å²) >= 11 is 0. The molecule has 0 spiro atoms. The summed E-state index contributed by atoms with van der Waals surface area (Å²) in [5.41, 5.74) is 7.11. The largest absolute Gasteiger partial charge is 0.469 e. The third-order valence-electron chi connectivity index (χ3n) is 2.27. The second kappa shape index (κ2) is 4.19. The summed E-state index contributed by atoms with van der Waals surface area (Å²) in [7, 11) is 0. The molecule has 3 heteroatoms. The third-order valence-corrected chi connectivity index (χ3v) is 2.27. The van der Waals surface area contributed by atoms with Crippen LogP contribution in [0.25, 0.3) is 0 Å². The Bertz CT molecular complexity index is 423. The molecule has 0 amide bonds. The fourth-order valence-electron chi connectivity index (χ4n) is 1.50. The van der Waals surface area contributed by atoms with Crippen LogP contribution in [0.4, 0.5) is 5.69 Å². The van der Waals surface area contributed by atoms with Crippen molar-refractivity contribution in [3.63, 3.8) is 0 Å². The van der Waals surface area contributed by atoms with Crippen molar-refractivity contribution in [3.8, 4) is 0 Å². The standard InChI is InChI=1S/C12H13NO2/c13-10-4-1-3-9(7-10)12(14)8-11-5-2-6-15-11/h1-7,12,14H,8,13H2. The van der Waals surface area contributed by atoms with Gasteiger partial charge in [-0.25, -0.2) is 0 Å². The van der Waals surface area contributed by atoms with E-state index >= 15 is 0 Å². The Kier molecular flexibility index (Phi) is 2.74. The highest BCUT2D eigenvalue weighted by atomic mass is 16.3. The maximum Gasteiger partial charge on any atom is 0.106 e. The Hall–Kier alpha value is -1.74. The number of benzene rings is 1. The van der Waals surface area contributed by atoms with Crippen LogP contribution >= 0.6 is 0 Å². The first-order valence-corrected chi connectivity index (χ1v) is 4.81. The SMILES string of the molecule is Nc1cccc(C(O)Cc2ccco2)c1. The summed E-state index contributed by atoms with van der Waals surface area (Å²) in [6, 6.07) is 10.9. The summed E-state index contributed by atoms with van der Waals surface area (Å²) in [6.07, 6.45) is 1.50. The number of hydrogen-bond acceptors (Lipinski definition) is 3. The predicted octanol–water partition coefficient (Wildman–Crippen LogP) is 2.14. The van der Waals surface area contributed by atoms with Crippen LogP contribution in [0, 0.1) is 0 Å². The van der Waals surface area contributed by atoms with E-state index in [2.05, 4.69) is 0 Å². The molecule has 15 heavy (non-hydrogen) atoms. The Morgan fingerprint density at radius 1 is 1.27 bits per heavy atom. The van der Waals surface area contributed by atoms with E-state index in [1.165, 1.54) is 0 Å². The Labute approximate surface area is 88.1 Å². The molecule has 2 aromatic rings. The van der Waals surface area contributed by atoms with Gasteiger partial charge in [0.25, 0.3) is 0 Å². The second-order valence-electron chi connectivity index (χ2n) is 3.47. The Morgan fingerprint density at radius 3 is 2.80 bits per heavy atom. The fraction of sp³-hybridized carbons (Fsp3) is 0.167. The van der Waals surface area contributed by atoms with Gasteiger partial charge >= 0.3 is 0 Å². The lowest BCUT2D eigenvalue weighted by molar-refractivity contribution is 0.170. The number of aliphatic hydroxyl groups excluding tert-OH is 1. The lowest BCUT2D eigenvalue weighted by Crippen LogP contribution is -2.01. The average molecular weight is 203 g/mol. The van der Waals surface area contributed by atoms with E-state index in [1.807, 2.05) is 18.2 Å². The van der Waals surface area contributed by atoms with E-state index in [4.69, 9.17) is 10.2 Å².